The molecule has 2 rings (SSSR count). The molecule has 2 heterocycles. The van der Waals surface area contributed by atoms with E-state index in [1.165, 1.54) is 23.2 Å². The van der Waals surface area contributed by atoms with E-state index in [9.17, 15) is 14.7 Å². The SMILES string of the molecule is CC1(OCC(=O)O)CN(C(=O)c2ncccc2O)C1. The summed E-state index contributed by atoms with van der Waals surface area (Å²) in [4.78, 5) is 27.7. The van der Waals surface area contributed by atoms with Crippen LogP contribution in [-0.4, -0.2) is 57.3 Å². The summed E-state index contributed by atoms with van der Waals surface area (Å²) in [6.07, 6.45) is 1.42. The van der Waals surface area contributed by atoms with Crippen molar-refractivity contribution in [1.82, 2.24) is 9.88 Å². The van der Waals surface area contributed by atoms with Crippen molar-refractivity contribution in [1.29, 1.82) is 0 Å². The maximum Gasteiger partial charge on any atom is 0.329 e. The first kappa shape index (κ1) is 13.3. The van der Waals surface area contributed by atoms with Crippen LogP contribution < -0.4 is 0 Å². The second-order valence-electron chi connectivity index (χ2n) is 4.66. The van der Waals surface area contributed by atoms with Crippen LogP contribution in [0.3, 0.4) is 0 Å². The third-order valence-corrected chi connectivity index (χ3v) is 2.87. The van der Waals surface area contributed by atoms with Crippen LogP contribution in [0, 0.1) is 0 Å². The van der Waals surface area contributed by atoms with Crippen LogP contribution in [0.4, 0.5) is 0 Å². The van der Waals surface area contributed by atoms with Crippen LogP contribution >= 0.6 is 0 Å². The molecule has 0 spiro atoms. The van der Waals surface area contributed by atoms with Crippen LogP contribution in [0.25, 0.3) is 0 Å². The average Bonchev–Trinajstić information content (AvgIpc) is 2.33. The van der Waals surface area contributed by atoms with Crippen molar-refractivity contribution in [3.63, 3.8) is 0 Å². The van der Waals surface area contributed by atoms with Crippen molar-refractivity contribution in [2.45, 2.75) is 12.5 Å². The number of hydrogen-bond acceptors (Lipinski definition) is 5. The van der Waals surface area contributed by atoms with Crippen LogP contribution in [0.1, 0.15) is 17.4 Å². The predicted molar refractivity (Wildman–Crippen MR) is 63.8 cm³/mol. The summed E-state index contributed by atoms with van der Waals surface area (Å²) >= 11 is 0. The Morgan fingerprint density at radius 3 is 2.79 bits per heavy atom. The number of aliphatic carboxylic acids is 1. The minimum atomic E-state index is -1.05. The third-order valence-electron chi connectivity index (χ3n) is 2.87. The number of likely N-dealkylation sites (tertiary alicyclic amines) is 1. The Balaban J connectivity index is 1.95. The molecule has 0 saturated carbocycles. The number of rotatable bonds is 4. The number of carbonyl (C=O) groups excluding carboxylic acids is 1. The number of carbonyl (C=O) groups is 2. The van der Waals surface area contributed by atoms with E-state index in [0.29, 0.717) is 0 Å². The molecular weight excluding hydrogens is 252 g/mol. The monoisotopic (exact) mass is 266 g/mol. The van der Waals surface area contributed by atoms with Gasteiger partial charge in [-0.3, -0.25) is 4.79 Å². The molecule has 7 nitrogen and oxygen atoms in total. The van der Waals surface area contributed by atoms with Crippen molar-refractivity contribution < 1.29 is 24.5 Å². The Morgan fingerprint density at radius 1 is 1.53 bits per heavy atom. The van der Waals surface area contributed by atoms with Crippen molar-refractivity contribution >= 4 is 11.9 Å². The maximum atomic E-state index is 12.0. The zero-order valence-electron chi connectivity index (χ0n) is 10.4. The van der Waals surface area contributed by atoms with Gasteiger partial charge < -0.3 is 19.8 Å². The number of aromatic hydroxyl groups is 1. The molecule has 1 aromatic heterocycles. The lowest BCUT2D eigenvalue weighted by molar-refractivity contribution is -0.159. The molecule has 0 bridgehead atoms. The number of carboxylic acids is 1. The number of pyridine rings is 1. The number of ether oxygens (including phenoxy) is 1. The summed E-state index contributed by atoms with van der Waals surface area (Å²) in [5, 5.41) is 18.1. The molecule has 1 fully saturated rings. The van der Waals surface area contributed by atoms with Gasteiger partial charge in [0.25, 0.3) is 5.91 Å². The Hall–Kier alpha value is -2.15. The molecule has 0 radical (unpaired) electrons. The molecule has 1 aliphatic heterocycles. The number of hydrogen-bond donors (Lipinski definition) is 2. The first-order valence-corrected chi connectivity index (χ1v) is 5.70. The number of carboxylic acid groups (broad SMARTS) is 1. The lowest BCUT2D eigenvalue weighted by Gasteiger charge is -2.47. The second kappa shape index (κ2) is 4.85. The molecule has 1 aliphatic rings. The molecule has 102 valence electrons. The van der Waals surface area contributed by atoms with E-state index in [2.05, 4.69) is 4.98 Å². The quantitative estimate of drug-likeness (QED) is 0.802. The Kier molecular flexibility index (Phi) is 3.39. The zero-order valence-corrected chi connectivity index (χ0v) is 10.4. The second-order valence-corrected chi connectivity index (χ2v) is 4.66. The van der Waals surface area contributed by atoms with Crippen molar-refractivity contribution in [2.24, 2.45) is 0 Å². The van der Waals surface area contributed by atoms with E-state index in [1.54, 1.807) is 6.92 Å². The summed E-state index contributed by atoms with van der Waals surface area (Å²) in [6, 6.07) is 2.92. The van der Waals surface area contributed by atoms with E-state index in [4.69, 9.17) is 9.84 Å². The van der Waals surface area contributed by atoms with Gasteiger partial charge in [-0.05, 0) is 19.1 Å². The Morgan fingerprint density at radius 2 is 2.21 bits per heavy atom. The molecule has 7 heteroatoms. The topological polar surface area (TPSA) is 100.0 Å². The average molecular weight is 266 g/mol. The lowest BCUT2D eigenvalue weighted by Crippen LogP contribution is -2.63. The van der Waals surface area contributed by atoms with Crippen LogP contribution in [-0.2, 0) is 9.53 Å². The normalized spacial score (nSPS) is 16.8. The van der Waals surface area contributed by atoms with Gasteiger partial charge in [-0.15, -0.1) is 0 Å². The van der Waals surface area contributed by atoms with Gasteiger partial charge >= 0.3 is 5.97 Å². The first-order valence-electron chi connectivity index (χ1n) is 5.70. The van der Waals surface area contributed by atoms with E-state index < -0.39 is 24.1 Å². The zero-order chi connectivity index (χ0) is 14.0. The van der Waals surface area contributed by atoms with E-state index in [0.717, 1.165) is 0 Å². The van der Waals surface area contributed by atoms with Gasteiger partial charge in [0.15, 0.2) is 5.69 Å². The fourth-order valence-corrected chi connectivity index (χ4v) is 1.94. The van der Waals surface area contributed by atoms with E-state index in [1.807, 2.05) is 0 Å². The summed E-state index contributed by atoms with van der Waals surface area (Å²) < 4.78 is 5.20. The van der Waals surface area contributed by atoms with Gasteiger partial charge in [0.05, 0.1) is 13.1 Å². The molecule has 1 aromatic rings. The summed E-state index contributed by atoms with van der Waals surface area (Å²) in [5.41, 5.74) is -0.666. The molecule has 0 aromatic carbocycles. The largest absolute Gasteiger partial charge is 0.505 e. The molecule has 0 atom stereocenters. The fourth-order valence-electron chi connectivity index (χ4n) is 1.94. The Bertz CT molecular complexity index is 511. The predicted octanol–water partition coefficient (Wildman–Crippen LogP) is 0.103. The summed E-state index contributed by atoms with van der Waals surface area (Å²) in [6.45, 7) is 1.88. The van der Waals surface area contributed by atoms with Gasteiger partial charge in [0.1, 0.15) is 18.0 Å². The highest BCUT2D eigenvalue weighted by Crippen LogP contribution is 2.27. The molecule has 0 aliphatic carbocycles. The smallest absolute Gasteiger partial charge is 0.329 e. The van der Waals surface area contributed by atoms with Crippen LogP contribution in [0.2, 0.25) is 0 Å². The van der Waals surface area contributed by atoms with Crippen molar-refractivity contribution in [3.05, 3.63) is 24.0 Å². The molecule has 1 saturated heterocycles. The number of nitrogens with zero attached hydrogens (tertiary/aromatic N) is 2. The molecular formula is C12H14N2O5. The van der Waals surface area contributed by atoms with Gasteiger partial charge in [0.2, 0.25) is 0 Å². The van der Waals surface area contributed by atoms with Gasteiger partial charge in [-0.25, -0.2) is 9.78 Å². The fraction of sp³-hybridized carbons (Fsp3) is 0.417. The van der Waals surface area contributed by atoms with Crippen molar-refractivity contribution in [2.75, 3.05) is 19.7 Å². The van der Waals surface area contributed by atoms with Gasteiger partial charge in [-0.2, -0.15) is 0 Å². The lowest BCUT2D eigenvalue weighted by atomic mass is 9.96. The first-order chi connectivity index (χ1) is 8.91. The van der Waals surface area contributed by atoms with Crippen molar-refractivity contribution in [3.8, 4) is 5.75 Å². The summed E-state index contributed by atoms with van der Waals surface area (Å²) in [5.74, 6) is -1.62. The minimum Gasteiger partial charge on any atom is -0.505 e. The highest BCUT2D eigenvalue weighted by Gasteiger charge is 2.43. The summed E-state index contributed by atoms with van der Waals surface area (Å²) in [7, 11) is 0. The standard InChI is InChI=1S/C12H14N2O5/c1-12(19-5-9(16)17)6-14(7-12)11(18)10-8(15)3-2-4-13-10/h2-4,15H,5-7H2,1H3,(H,16,17). The van der Waals surface area contributed by atoms with Gasteiger partial charge in [0, 0.05) is 6.20 Å². The number of amides is 1. The van der Waals surface area contributed by atoms with Crippen LogP contribution in [0.5, 0.6) is 5.75 Å². The molecule has 19 heavy (non-hydrogen) atoms. The van der Waals surface area contributed by atoms with Crippen LogP contribution in [0.15, 0.2) is 18.3 Å². The number of aromatic nitrogens is 1. The van der Waals surface area contributed by atoms with Gasteiger partial charge in [-0.1, -0.05) is 0 Å². The Labute approximate surface area is 109 Å². The molecule has 1 amide bonds. The minimum absolute atomic E-state index is 0.0113. The molecule has 2 N–H and O–H groups in total. The van der Waals surface area contributed by atoms with E-state index >= 15 is 0 Å². The highest BCUT2D eigenvalue weighted by molar-refractivity contribution is 5.95. The van der Waals surface area contributed by atoms with E-state index in [-0.39, 0.29) is 24.5 Å². The third kappa shape index (κ3) is 2.82. The maximum absolute atomic E-state index is 12.0. The highest BCUT2D eigenvalue weighted by atomic mass is 16.5. The molecule has 0 unspecified atom stereocenters.